The highest BCUT2D eigenvalue weighted by atomic mass is 14.9. The number of allylic oxidation sites excluding steroid dienone is 3. The summed E-state index contributed by atoms with van der Waals surface area (Å²) in [6.45, 7) is 3.72. The molecule has 1 aromatic carbocycles. The second-order valence-corrected chi connectivity index (χ2v) is 4.52. The molecule has 0 spiro atoms. The molecule has 0 fully saturated rings. The monoisotopic (exact) mass is 250 g/mol. The van der Waals surface area contributed by atoms with Gasteiger partial charge < -0.3 is 11.1 Å². The molecule has 94 valence electrons. The minimum absolute atomic E-state index is 0.191. The van der Waals surface area contributed by atoms with Crippen LogP contribution in [0.5, 0.6) is 0 Å². The minimum Gasteiger partial charge on any atom is -0.399 e. The van der Waals surface area contributed by atoms with E-state index < -0.39 is 0 Å². The molecule has 0 amide bonds. The number of rotatable bonds is 1. The van der Waals surface area contributed by atoms with Crippen molar-refractivity contribution >= 4 is 11.4 Å². The van der Waals surface area contributed by atoms with Crippen molar-refractivity contribution in [2.45, 2.75) is 13.8 Å². The van der Waals surface area contributed by atoms with E-state index in [1.807, 2.05) is 26.0 Å². The molecule has 0 saturated heterocycles. The Morgan fingerprint density at radius 2 is 1.68 bits per heavy atom. The molecule has 4 heteroatoms. The quantitative estimate of drug-likeness (QED) is 0.750. The highest BCUT2D eigenvalue weighted by molar-refractivity contribution is 5.75. The molecule has 4 nitrogen and oxygen atoms in total. The Balaban J connectivity index is 2.54. The van der Waals surface area contributed by atoms with E-state index in [1.54, 1.807) is 12.1 Å². The molecular weight excluding hydrogens is 236 g/mol. The van der Waals surface area contributed by atoms with Crippen molar-refractivity contribution in [1.82, 2.24) is 5.32 Å². The minimum atomic E-state index is -0.191. The highest BCUT2D eigenvalue weighted by Gasteiger charge is 2.26. The van der Waals surface area contributed by atoms with Gasteiger partial charge >= 0.3 is 0 Å². The molecule has 0 aromatic heterocycles. The van der Waals surface area contributed by atoms with Gasteiger partial charge in [-0.05, 0) is 24.6 Å². The summed E-state index contributed by atoms with van der Waals surface area (Å²) in [7, 11) is 0. The number of hydrogen-bond acceptors (Lipinski definition) is 4. The van der Waals surface area contributed by atoms with Crippen molar-refractivity contribution in [3.05, 3.63) is 46.7 Å². The van der Waals surface area contributed by atoms with Gasteiger partial charge in [-0.25, -0.2) is 0 Å². The van der Waals surface area contributed by atoms with Gasteiger partial charge in [0, 0.05) is 17.3 Å². The van der Waals surface area contributed by atoms with Gasteiger partial charge in [-0.3, -0.25) is 0 Å². The fraction of sp³-hybridized carbons (Fsp3) is 0.200. The molecule has 0 radical (unpaired) electrons. The van der Waals surface area contributed by atoms with Crippen molar-refractivity contribution in [1.29, 1.82) is 10.5 Å². The molecule has 1 aliphatic rings. The van der Waals surface area contributed by atoms with E-state index in [9.17, 15) is 5.26 Å². The van der Waals surface area contributed by atoms with Gasteiger partial charge in [-0.2, -0.15) is 10.5 Å². The number of nitrogens with one attached hydrogen (secondary N) is 1. The standard InChI is InChI=1S/C15H14N4/c1-9-13(7-16)10(2)19-15(14(9)8-17)11-3-5-12(18)6-4-11/h3-6,9,19H,18H2,1-2H3/t9-/m1/s1. The first-order valence-corrected chi connectivity index (χ1v) is 5.96. The van der Waals surface area contributed by atoms with E-state index in [-0.39, 0.29) is 5.92 Å². The van der Waals surface area contributed by atoms with Crippen LogP contribution in [-0.4, -0.2) is 0 Å². The number of nitrogens with zero attached hydrogens (tertiary/aromatic N) is 2. The maximum absolute atomic E-state index is 9.34. The van der Waals surface area contributed by atoms with Crippen LogP contribution in [0.4, 0.5) is 5.69 Å². The smallest absolute Gasteiger partial charge is 0.0975 e. The number of anilines is 1. The third kappa shape index (κ3) is 2.17. The molecule has 0 bridgehead atoms. The van der Waals surface area contributed by atoms with Gasteiger partial charge in [0.2, 0.25) is 0 Å². The Hall–Kier alpha value is -2.72. The van der Waals surface area contributed by atoms with E-state index in [0.29, 0.717) is 16.8 Å². The Morgan fingerprint density at radius 1 is 1.11 bits per heavy atom. The second-order valence-electron chi connectivity index (χ2n) is 4.52. The van der Waals surface area contributed by atoms with Crippen molar-refractivity contribution in [2.24, 2.45) is 5.92 Å². The molecule has 3 N–H and O–H groups in total. The summed E-state index contributed by atoms with van der Waals surface area (Å²) in [6.07, 6.45) is 0. The summed E-state index contributed by atoms with van der Waals surface area (Å²) in [5.74, 6) is -0.191. The second kappa shape index (κ2) is 4.88. The van der Waals surface area contributed by atoms with Crippen LogP contribution >= 0.6 is 0 Å². The lowest BCUT2D eigenvalue weighted by atomic mass is 9.86. The van der Waals surface area contributed by atoms with Crippen molar-refractivity contribution in [3.63, 3.8) is 0 Å². The van der Waals surface area contributed by atoms with Gasteiger partial charge in [0.1, 0.15) is 0 Å². The van der Waals surface area contributed by atoms with Crippen LogP contribution in [0.3, 0.4) is 0 Å². The number of hydrogen-bond donors (Lipinski definition) is 2. The van der Waals surface area contributed by atoms with Crippen LogP contribution < -0.4 is 11.1 Å². The third-order valence-corrected chi connectivity index (χ3v) is 3.29. The highest BCUT2D eigenvalue weighted by Crippen LogP contribution is 2.32. The Labute approximate surface area is 112 Å². The zero-order chi connectivity index (χ0) is 14.0. The number of dihydropyridines is 1. The fourth-order valence-corrected chi connectivity index (χ4v) is 2.22. The molecule has 1 atom stereocenters. The van der Waals surface area contributed by atoms with Crippen LogP contribution in [0.1, 0.15) is 19.4 Å². The van der Waals surface area contributed by atoms with E-state index in [4.69, 9.17) is 11.0 Å². The Kier molecular flexibility index (Phi) is 3.27. The molecule has 1 aliphatic heterocycles. The van der Waals surface area contributed by atoms with E-state index in [1.165, 1.54) is 0 Å². The molecule has 0 unspecified atom stereocenters. The van der Waals surface area contributed by atoms with Gasteiger partial charge in [-0.1, -0.05) is 19.1 Å². The normalized spacial score (nSPS) is 18.6. The lowest BCUT2D eigenvalue weighted by Crippen LogP contribution is -2.23. The predicted octanol–water partition coefficient (Wildman–Crippen LogP) is 2.54. The number of benzene rings is 1. The molecule has 1 aromatic rings. The molecule has 1 heterocycles. The summed E-state index contributed by atoms with van der Waals surface area (Å²) in [4.78, 5) is 0. The van der Waals surface area contributed by atoms with Crippen LogP contribution in [0, 0.1) is 28.6 Å². The first kappa shape index (κ1) is 12.7. The molecule has 19 heavy (non-hydrogen) atoms. The average molecular weight is 250 g/mol. The van der Waals surface area contributed by atoms with E-state index >= 15 is 0 Å². The summed E-state index contributed by atoms with van der Waals surface area (Å²) < 4.78 is 0. The molecular formula is C15H14N4. The maximum atomic E-state index is 9.34. The van der Waals surface area contributed by atoms with E-state index in [0.717, 1.165) is 17.0 Å². The molecule has 0 aliphatic carbocycles. The van der Waals surface area contributed by atoms with Crippen LogP contribution in [-0.2, 0) is 0 Å². The topological polar surface area (TPSA) is 85.6 Å². The summed E-state index contributed by atoms with van der Waals surface area (Å²) in [5.41, 5.74) is 9.97. The van der Waals surface area contributed by atoms with Gasteiger partial charge in [0.25, 0.3) is 0 Å². The lowest BCUT2D eigenvalue weighted by molar-refractivity contribution is 0.791. The molecule has 2 rings (SSSR count). The van der Waals surface area contributed by atoms with E-state index in [2.05, 4.69) is 17.5 Å². The Morgan fingerprint density at radius 3 is 2.21 bits per heavy atom. The largest absolute Gasteiger partial charge is 0.399 e. The first-order chi connectivity index (χ1) is 9.08. The van der Waals surface area contributed by atoms with Crippen LogP contribution in [0.15, 0.2) is 41.1 Å². The zero-order valence-corrected chi connectivity index (χ0v) is 10.9. The van der Waals surface area contributed by atoms with Crippen molar-refractivity contribution in [3.8, 4) is 12.1 Å². The average Bonchev–Trinajstić information content (AvgIpc) is 2.39. The first-order valence-electron chi connectivity index (χ1n) is 5.96. The van der Waals surface area contributed by atoms with Gasteiger partial charge in [0.05, 0.1) is 29.0 Å². The van der Waals surface area contributed by atoms with Crippen LogP contribution in [0.2, 0.25) is 0 Å². The van der Waals surface area contributed by atoms with Crippen molar-refractivity contribution in [2.75, 3.05) is 5.73 Å². The number of nitriles is 2. The SMILES string of the molecule is CC1=C(C#N)[C@@H](C)C(C#N)=C(c2ccc(N)cc2)N1. The lowest BCUT2D eigenvalue weighted by Gasteiger charge is -2.25. The summed E-state index contributed by atoms with van der Waals surface area (Å²) in [5, 5.41) is 21.6. The molecule has 0 saturated carbocycles. The van der Waals surface area contributed by atoms with Crippen LogP contribution in [0.25, 0.3) is 5.70 Å². The summed E-state index contributed by atoms with van der Waals surface area (Å²) >= 11 is 0. The van der Waals surface area contributed by atoms with Gasteiger partial charge in [-0.15, -0.1) is 0 Å². The third-order valence-electron chi connectivity index (χ3n) is 3.29. The summed E-state index contributed by atoms with van der Waals surface area (Å²) in [6, 6.07) is 11.7. The predicted molar refractivity (Wildman–Crippen MR) is 74.0 cm³/mol. The fourth-order valence-electron chi connectivity index (χ4n) is 2.22. The maximum Gasteiger partial charge on any atom is 0.0975 e. The number of nitrogens with two attached hydrogens (primary N) is 1. The Bertz CT molecular complexity index is 651. The van der Waals surface area contributed by atoms with Gasteiger partial charge in [0.15, 0.2) is 0 Å². The zero-order valence-electron chi connectivity index (χ0n) is 10.9. The number of nitrogen functional groups attached to an aromatic ring is 1. The van der Waals surface area contributed by atoms with Crippen molar-refractivity contribution < 1.29 is 0 Å².